The third kappa shape index (κ3) is 3.47. The first-order valence-electron chi connectivity index (χ1n) is 9.16. The van der Waals surface area contributed by atoms with E-state index < -0.39 is 11.5 Å². The Morgan fingerprint density at radius 1 is 1.04 bits per heavy atom. The summed E-state index contributed by atoms with van der Waals surface area (Å²) in [7, 11) is 0. The Bertz CT molecular complexity index is 747. The molecule has 2 rings (SSSR count). The molecule has 0 radical (unpaired) electrons. The number of carboxylic acids is 1. The molecule has 0 aliphatic rings. The van der Waals surface area contributed by atoms with E-state index >= 15 is 0 Å². The number of aromatic carboxylic acids is 1. The van der Waals surface area contributed by atoms with E-state index in [0.29, 0.717) is 12.0 Å². The molecule has 0 saturated carbocycles. The maximum atomic E-state index is 11.6. The molecule has 0 aliphatic carbocycles. The molecule has 2 aromatic rings. The predicted octanol–water partition coefficient (Wildman–Crippen LogP) is 4.86. The van der Waals surface area contributed by atoms with Crippen LogP contribution in [0, 0.1) is 0 Å². The smallest absolute Gasteiger partial charge is 0.335 e. The van der Waals surface area contributed by atoms with E-state index in [9.17, 15) is 15.0 Å². The van der Waals surface area contributed by atoms with Crippen molar-refractivity contribution in [2.45, 2.75) is 58.7 Å². The van der Waals surface area contributed by atoms with E-state index in [-0.39, 0.29) is 23.4 Å². The summed E-state index contributed by atoms with van der Waals surface area (Å²) in [5.74, 6) is -0.878. The van der Waals surface area contributed by atoms with Crippen molar-refractivity contribution in [3.05, 3.63) is 65.2 Å². The zero-order chi connectivity index (χ0) is 19.5. The quantitative estimate of drug-likeness (QED) is 0.744. The normalized spacial score (nSPS) is 14.0. The molecule has 0 bridgehead atoms. The molecule has 140 valence electrons. The zero-order valence-electron chi connectivity index (χ0n) is 16.2. The average molecular weight is 355 g/mol. The topological polar surface area (TPSA) is 60.8 Å². The number of hydrogen-bond acceptors (Lipinski definition) is 3. The molecular weight excluding hydrogens is 326 g/mol. The summed E-state index contributed by atoms with van der Waals surface area (Å²) in [5, 5.41) is 20.2. The number of phenolic OH excluding ortho intramolecular Hbond substituents is 1. The minimum atomic E-state index is -0.995. The molecule has 0 fully saturated rings. The minimum absolute atomic E-state index is 0.118. The van der Waals surface area contributed by atoms with Gasteiger partial charge in [0.25, 0.3) is 0 Å². The molecule has 4 nitrogen and oxygen atoms in total. The third-order valence-corrected chi connectivity index (χ3v) is 5.01. The highest BCUT2D eigenvalue weighted by Crippen LogP contribution is 2.45. The zero-order valence-corrected chi connectivity index (χ0v) is 16.2. The molecule has 1 atom stereocenters. The Morgan fingerprint density at radius 3 is 2.08 bits per heavy atom. The molecule has 0 amide bonds. The van der Waals surface area contributed by atoms with Crippen LogP contribution in [0.15, 0.2) is 48.5 Å². The van der Waals surface area contributed by atoms with Gasteiger partial charge in [0.05, 0.1) is 11.1 Å². The van der Waals surface area contributed by atoms with Gasteiger partial charge in [-0.25, -0.2) is 4.79 Å². The predicted molar refractivity (Wildman–Crippen MR) is 105 cm³/mol. The Labute approximate surface area is 156 Å². The maximum absolute atomic E-state index is 11.6. The van der Waals surface area contributed by atoms with Gasteiger partial charge in [-0.1, -0.05) is 37.3 Å². The molecule has 0 aromatic heterocycles. The van der Waals surface area contributed by atoms with Gasteiger partial charge in [-0.05, 0) is 57.9 Å². The van der Waals surface area contributed by atoms with Crippen molar-refractivity contribution in [3.8, 4) is 5.75 Å². The van der Waals surface area contributed by atoms with Crippen LogP contribution in [-0.2, 0) is 5.54 Å². The van der Waals surface area contributed by atoms with Gasteiger partial charge in [-0.2, -0.15) is 0 Å². The molecular formula is C22H29NO3. The van der Waals surface area contributed by atoms with Crippen LogP contribution in [0.5, 0.6) is 5.75 Å². The van der Waals surface area contributed by atoms with Crippen molar-refractivity contribution >= 4 is 5.97 Å². The van der Waals surface area contributed by atoms with Crippen LogP contribution in [0.2, 0.25) is 0 Å². The Morgan fingerprint density at radius 2 is 1.62 bits per heavy atom. The minimum Gasteiger partial charge on any atom is -0.508 e. The van der Waals surface area contributed by atoms with Gasteiger partial charge < -0.3 is 10.2 Å². The van der Waals surface area contributed by atoms with Gasteiger partial charge in [-0.3, -0.25) is 4.90 Å². The lowest BCUT2D eigenvalue weighted by molar-refractivity contribution is 0.0458. The second-order valence-corrected chi connectivity index (χ2v) is 7.21. The van der Waals surface area contributed by atoms with Crippen molar-refractivity contribution < 1.29 is 15.0 Å². The number of benzene rings is 2. The van der Waals surface area contributed by atoms with E-state index in [0.717, 1.165) is 5.56 Å². The number of nitrogens with zero attached hydrogens (tertiary/aromatic N) is 1. The van der Waals surface area contributed by atoms with Gasteiger partial charge in [0.15, 0.2) is 0 Å². The second-order valence-electron chi connectivity index (χ2n) is 7.21. The largest absolute Gasteiger partial charge is 0.508 e. The van der Waals surface area contributed by atoms with Crippen LogP contribution < -0.4 is 0 Å². The van der Waals surface area contributed by atoms with E-state index in [1.165, 1.54) is 12.1 Å². The van der Waals surface area contributed by atoms with Crippen molar-refractivity contribution in [1.29, 1.82) is 0 Å². The molecule has 0 heterocycles. The van der Waals surface area contributed by atoms with Gasteiger partial charge in [0, 0.05) is 17.6 Å². The number of carboxylic acid groups (broad SMARTS) is 1. The van der Waals surface area contributed by atoms with Crippen LogP contribution in [0.25, 0.3) is 0 Å². The highest BCUT2D eigenvalue weighted by atomic mass is 16.4. The van der Waals surface area contributed by atoms with E-state index in [2.05, 4.69) is 39.5 Å². The van der Waals surface area contributed by atoms with Crippen molar-refractivity contribution in [3.63, 3.8) is 0 Å². The van der Waals surface area contributed by atoms with Crippen LogP contribution in [0.3, 0.4) is 0 Å². The first-order valence-corrected chi connectivity index (χ1v) is 9.16. The van der Waals surface area contributed by atoms with Gasteiger partial charge in [-0.15, -0.1) is 0 Å². The SMILES string of the molecule is CC[C@@](c1ccccc1)(c1cc(C(=O)O)ccc1O)N(C(C)C)C(C)C. The van der Waals surface area contributed by atoms with Crippen molar-refractivity contribution in [2.24, 2.45) is 0 Å². The number of phenols is 1. The monoisotopic (exact) mass is 355 g/mol. The maximum Gasteiger partial charge on any atom is 0.335 e. The summed E-state index contributed by atoms with van der Waals surface area (Å²) >= 11 is 0. The molecule has 0 saturated heterocycles. The number of aromatic hydroxyl groups is 1. The van der Waals surface area contributed by atoms with Gasteiger partial charge >= 0.3 is 5.97 Å². The highest BCUT2D eigenvalue weighted by molar-refractivity contribution is 5.88. The molecule has 26 heavy (non-hydrogen) atoms. The molecule has 4 heteroatoms. The summed E-state index contributed by atoms with van der Waals surface area (Å²) in [6.07, 6.45) is 0.698. The first kappa shape index (κ1) is 20.0. The van der Waals surface area contributed by atoms with Gasteiger partial charge in [0.1, 0.15) is 5.75 Å². The Kier molecular flexibility index (Phi) is 6.09. The fourth-order valence-corrected chi connectivity index (χ4v) is 4.21. The summed E-state index contributed by atoms with van der Waals surface area (Å²) < 4.78 is 0. The molecule has 2 aromatic carbocycles. The molecule has 0 unspecified atom stereocenters. The standard InChI is InChI=1S/C22H29NO3/c1-6-22(18-10-8-7-9-11-18,23(15(2)3)16(4)5)19-14-17(21(25)26)12-13-20(19)24/h7-16,24H,6H2,1-5H3,(H,25,26)/t22-/m1/s1. The summed E-state index contributed by atoms with van der Waals surface area (Å²) in [6, 6.07) is 15.0. The Hall–Kier alpha value is -2.33. The lowest BCUT2D eigenvalue weighted by Gasteiger charge is -2.49. The van der Waals surface area contributed by atoms with Crippen molar-refractivity contribution in [2.75, 3.05) is 0 Å². The van der Waals surface area contributed by atoms with Crippen LogP contribution in [-0.4, -0.2) is 33.2 Å². The number of rotatable bonds is 7. The fourth-order valence-electron chi connectivity index (χ4n) is 4.21. The lowest BCUT2D eigenvalue weighted by atomic mass is 9.76. The van der Waals surface area contributed by atoms with E-state index in [4.69, 9.17) is 0 Å². The fraction of sp³-hybridized carbons (Fsp3) is 0.409. The average Bonchev–Trinajstić information content (AvgIpc) is 2.60. The van der Waals surface area contributed by atoms with E-state index in [1.54, 1.807) is 6.07 Å². The number of hydrogen-bond donors (Lipinski definition) is 2. The highest BCUT2D eigenvalue weighted by Gasteiger charge is 2.43. The summed E-state index contributed by atoms with van der Waals surface area (Å²) in [4.78, 5) is 13.9. The van der Waals surface area contributed by atoms with Crippen LogP contribution >= 0.6 is 0 Å². The summed E-state index contributed by atoms with van der Waals surface area (Å²) in [6.45, 7) is 10.6. The summed E-state index contributed by atoms with van der Waals surface area (Å²) in [5.41, 5.74) is 1.23. The lowest BCUT2D eigenvalue weighted by Crippen LogP contribution is -2.53. The van der Waals surface area contributed by atoms with E-state index in [1.807, 2.05) is 30.3 Å². The first-order chi connectivity index (χ1) is 12.3. The van der Waals surface area contributed by atoms with Gasteiger partial charge in [0.2, 0.25) is 0 Å². The van der Waals surface area contributed by atoms with Crippen LogP contribution in [0.1, 0.15) is 62.5 Å². The van der Waals surface area contributed by atoms with Crippen LogP contribution in [0.4, 0.5) is 0 Å². The molecule has 2 N–H and O–H groups in total. The van der Waals surface area contributed by atoms with Crippen molar-refractivity contribution in [1.82, 2.24) is 4.90 Å². The molecule has 0 aliphatic heterocycles. The number of carbonyl (C=O) groups is 1. The second kappa shape index (κ2) is 7.92. The third-order valence-electron chi connectivity index (χ3n) is 5.01. The Balaban J connectivity index is 2.88. The molecule has 0 spiro atoms.